The molecule has 1 aliphatic rings. The maximum atomic E-state index is 12.3. The molecule has 0 aliphatic carbocycles. The van der Waals surface area contributed by atoms with E-state index < -0.39 is 0 Å². The summed E-state index contributed by atoms with van der Waals surface area (Å²) in [6.07, 6.45) is 3.89. The summed E-state index contributed by atoms with van der Waals surface area (Å²) in [5.74, 6) is 0.956. The number of likely N-dealkylation sites (tertiary alicyclic amines) is 1. The number of carbonyl (C=O) groups is 1. The quantitative estimate of drug-likeness (QED) is 0.734. The van der Waals surface area contributed by atoms with Gasteiger partial charge in [-0.15, -0.1) is 11.3 Å². The van der Waals surface area contributed by atoms with Crippen molar-refractivity contribution in [1.82, 2.24) is 14.5 Å². The number of amides is 1. The first-order valence-electron chi connectivity index (χ1n) is 8.10. The van der Waals surface area contributed by atoms with Crippen LogP contribution >= 0.6 is 11.3 Å². The topological polar surface area (TPSA) is 47.4 Å². The lowest BCUT2D eigenvalue weighted by Crippen LogP contribution is -2.41. The van der Waals surface area contributed by atoms with E-state index in [1.54, 1.807) is 10.9 Å². The molecule has 0 radical (unpaired) electrons. The van der Waals surface area contributed by atoms with Crippen molar-refractivity contribution in [2.45, 2.75) is 18.9 Å². The number of hydrogen-bond acceptors (Lipinski definition) is 4. The first kappa shape index (κ1) is 15.2. The van der Waals surface area contributed by atoms with Gasteiger partial charge in [-0.2, -0.15) is 0 Å². The lowest BCUT2D eigenvalue weighted by atomic mass is 10.1. The summed E-state index contributed by atoms with van der Waals surface area (Å²) in [7, 11) is 2.04. The number of carbonyl (C=O) groups excluding carboxylic acids is 1. The van der Waals surface area contributed by atoms with Gasteiger partial charge in [0.15, 0.2) is 0 Å². The highest BCUT2D eigenvalue weighted by molar-refractivity contribution is 7.07. The van der Waals surface area contributed by atoms with Gasteiger partial charge in [0.2, 0.25) is 0 Å². The second-order valence-electron chi connectivity index (χ2n) is 6.10. The van der Waals surface area contributed by atoms with Gasteiger partial charge >= 0.3 is 0 Å². The van der Waals surface area contributed by atoms with E-state index in [9.17, 15) is 4.79 Å². The zero-order valence-electron chi connectivity index (χ0n) is 13.5. The Morgan fingerprint density at radius 2 is 2.12 bits per heavy atom. The molecule has 0 bridgehead atoms. The molecule has 1 amide bonds. The monoisotopic (exact) mass is 341 g/mol. The zero-order valence-corrected chi connectivity index (χ0v) is 14.3. The summed E-state index contributed by atoms with van der Waals surface area (Å²) in [6, 6.07) is 8.23. The number of benzene rings is 1. The Bertz CT molecular complexity index is 848. The smallest absolute Gasteiger partial charge is 0.273 e. The Kier molecular flexibility index (Phi) is 3.98. The number of rotatable bonds is 3. The van der Waals surface area contributed by atoms with Crippen LogP contribution in [0.4, 0.5) is 0 Å². The van der Waals surface area contributed by atoms with Gasteiger partial charge in [0.25, 0.3) is 5.91 Å². The van der Waals surface area contributed by atoms with E-state index in [0.717, 1.165) is 24.0 Å². The number of aromatic nitrogens is 2. The molecule has 124 valence electrons. The first-order valence-corrected chi connectivity index (χ1v) is 9.05. The van der Waals surface area contributed by atoms with Crippen molar-refractivity contribution < 1.29 is 9.53 Å². The SMILES string of the molecule is Cn1ccc2c(OC3CCN(C(=O)c4cscn4)CC3)cccc21. The van der Waals surface area contributed by atoms with Gasteiger partial charge in [0, 0.05) is 49.9 Å². The number of ether oxygens (including phenoxy) is 1. The Morgan fingerprint density at radius 1 is 1.29 bits per heavy atom. The maximum Gasteiger partial charge on any atom is 0.273 e. The minimum atomic E-state index is 0.0276. The van der Waals surface area contributed by atoms with Gasteiger partial charge in [-0.1, -0.05) is 6.07 Å². The molecule has 1 fully saturated rings. The van der Waals surface area contributed by atoms with E-state index in [-0.39, 0.29) is 12.0 Å². The fourth-order valence-electron chi connectivity index (χ4n) is 3.21. The highest BCUT2D eigenvalue weighted by Crippen LogP contribution is 2.28. The average molecular weight is 341 g/mol. The van der Waals surface area contributed by atoms with E-state index in [0.29, 0.717) is 18.8 Å². The van der Waals surface area contributed by atoms with Crippen molar-refractivity contribution >= 4 is 28.1 Å². The Balaban J connectivity index is 1.42. The van der Waals surface area contributed by atoms with Crippen LogP contribution in [-0.4, -0.2) is 39.6 Å². The molecule has 3 aromatic rings. The molecule has 0 atom stereocenters. The van der Waals surface area contributed by atoms with Crippen LogP contribution in [0.1, 0.15) is 23.3 Å². The molecule has 6 heteroatoms. The highest BCUT2D eigenvalue weighted by atomic mass is 32.1. The highest BCUT2D eigenvalue weighted by Gasteiger charge is 2.25. The predicted molar refractivity (Wildman–Crippen MR) is 94.6 cm³/mol. The molecule has 1 aromatic carbocycles. The van der Waals surface area contributed by atoms with Gasteiger partial charge < -0.3 is 14.2 Å². The van der Waals surface area contributed by atoms with E-state index in [1.807, 2.05) is 30.3 Å². The van der Waals surface area contributed by atoms with Crippen LogP contribution in [0.25, 0.3) is 10.9 Å². The lowest BCUT2D eigenvalue weighted by Gasteiger charge is -2.32. The second-order valence-corrected chi connectivity index (χ2v) is 6.82. The van der Waals surface area contributed by atoms with E-state index >= 15 is 0 Å². The van der Waals surface area contributed by atoms with Crippen LogP contribution < -0.4 is 4.74 Å². The molecule has 5 nitrogen and oxygen atoms in total. The summed E-state index contributed by atoms with van der Waals surface area (Å²) in [6.45, 7) is 1.43. The molecule has 0 N–H and O–H groups in total. The summed E-state index contributed by atoms with van der Waals surface area (Å²) in [5, 5.41) is 2.95. The fraction of sp³-hybridized carbons (Fsp3) is 0.333. The third-order valence-electron chi connectivity index (χ3n) is 4.56. The number of hydrogen-bond donors (Lipinski definition) is 0. The van der Waals surface area contributed by atoms with Crippen molar-refractivity contribution in [1.29, 1.82) is 0 Å². The van der Waals surface area contributed by atoms with Crippen molar-refractivity contribution in [3.63, 3.8) is 0 Å². The number of thiazole rings is 1. The molecule has 0 spiro atoms. The van der Waals surface area contributed by atoms with Crippen LogP contribution in [0, 0.1) is 0 Å². The minimum Gasteiger partial charge on any atom is -0.490 e. The molecule has 0 saturated carbocycles. The molecule has 3 heterocycles. The van der Waals surface area contributed by atoms with E-state index in [2.05, 4.69) is 21.7 Å². The molecular weight excluding hydrogens is 322 g/mol. The summed E-state index contributed by atoms with van der Waals surface area (Å²) < 4.78 is 8.33. The average Bonchev–Trinajstić information content (AvgIpc) is 3.26. The predicted octanol–water partition coefficient (Wildman–Crippen LogP) is 3.32. The molecule has 0 unspecified atom stereocenters. The van der Waals surface area contributed by atoms with Crippen LogP contribution in [0.5, 0.6) is 5.75 Å². The fourth-order valence-corrected chi connectivity index (χ4v) is 3.74. The second kappa shape index (κ2) is 6.28. The summed E-state index contributed by atoms with van der Waals surface area (Å²) in [5.41, 5.74) is 3.42. The van der Waals surface area contributed by atoms with Gasteiger partial charge in [0.05, 0.1) is 11.0 Å². The number of piperidine rings is 1. The Hall–Kier alpha value is -2.34. The van der Waals surface area contributed by atoms with Gasteiger partial charge in [-0.25, -0.2) is 4.98 Å². The van der Waals surface area contributed by atoms with Crippen LogP contribution in [0.2, 0.25) is 0 Å². The minimum absolute atomic E-state index is 0.0276. The summed E-state index contributed by atoms with van der Waals surface area (Å²) in [4.78, 5) is 18.3. The molecule has 2 aromatic heterocycles. The van der Waals surface area contributed by atoms with Crippen molar-refractivity contribution in [2.24, 2.45) is 7.05 Å². The van der Waals surface area contributed by atoms with Crippen molar-refractivity contribution in [2.75, 3.05) is 13.1 Å². The van der Waals surface area contributed by atoms with Crippen LogP contribution in [-0.2, 0) is 7.05 Å². The van der Waals surface area contributed by atoms with Gasteiger partial charge in [0.1, 0.15) is 17.5 Å². The van der Waals surface area contributed by atoms with Crippen LogP contribution in [0.3, 0.4) is 0 Å². The van der Waals surface area contributed by atoms with E-state index in [1.165, 1.54) is 16.9 Å². The lowest BCUT2D eigenvalue weighted by molar-refractivity contribution is 0.0593. The number of fused-ring (bicyclic) bond motifs is 1. The molecule has 4 rings (SSSR count). The Morgan fingerprint density at radius 3 is 2.88 bits per heavy atom. The largest absolute Gasteiger partial charge is 0.490 e. The number of nitrogens with zero attached hydrogens (tertiary/aromatic N) is 3. The van der Waals surface area contributed by atoms with Gasteiger partial charge in [-0.05, 0) is 18.2 Å². The van der Waals surface area contributed by atoms with Crippen LogP contribution in [0.15, 0.2) is 41.4 Å². The van der Waals surface area contributed by atoms with Gasteiger partial charge in [-0.3, -0.25) is 4.79 Å². The normalized spacial score (nSPS) is 15.8. The maximum absolute atomic E-state index is 12.3. The molecule has 1 aliphatic heterocycles. The van der Waals surface area contributed by atoms with Crippen molar-refractivity contribution in [3.8, 4) is 5.75 Å². The first-order chi connectivity index (χ1) is 11.7. The third-order valence-corrected chi connectivity index (χ3v) is 5.15. The van der Waals surface area contributed by atoms with E-state index in [4.69, 9.17) is 4.74 Å². The molecule has 24 heavy (non-hydrogen) atoms. The zero-order chi connectivity index (χ0) is 16.5. The summed E-state index contributed by atoms with van der Waals surface area (Å²) >= 11 is 1.45. The third kappa shape index (κ3) is 2.78. The van der Waals surface area contributed by atoms with Crippen molar-refractivity contribution in [3.05, 3.63) is 47.0 Å². The Labute approximate surface area is 144 Å². The molecule has 1 saturated heterocycles. The standard InChI is InChI=1S/C18H19N3O2S/c1-20-8-7-14-16(20)3-2-4-17(14)23-13-5-9-21(10-6-13)18(22)15-11-24-12-19-15/h2-4,7-8,11-13H,5-6,9-10H2,1H3. The number of aryl methyl sites for hydroxylation is 1. The molecular formula is C18H19N3O2S.